The standard InChI is InChI=1S/C10H19N/c1-4-6-7-10(5-2)8-9-11-3/h5,8,11H,2,4,6-7,9H2,1,3H3/b10-8+. The van der Waals surface area contributed by atoms with Gasteiger partial charge in [0, 0.05) is 6.54 Å². The van der Waals surface area contributed by atoms with Crippen molar-refractivity contribution in [1.82, 2.24) is 5.32 Å². The Kier molecular flexibility index (Phi) is 7.16. The summed E-state index contributed by atoms with van der Waals surface area (Å²) < 4.78 is 0. The van der Waals surface area contributed by atoms with E-state index in [9.17, 15) is 0 Å². The SMILES string of the molecule is C=C/C(=C\CNC)CCCC. The molecule has 1 nitrogen and oxygen atoms in total. The van der Waals surface area contributed by atoms with E-state index in [2.05, 4.69) is 24.9 Å². The molecule has 0 amide bonds. The molecule has 0 saturated heterocycles. The van der Waals surface area contributed by atoms with Crippen LogP contribution in [0.15, 0.2) is 24.3 Å². The first-order valence-electron chi connectivity index (χ1n) is 4.31. The Morgan fingerprint density at radius 1 is 1.55 bits per heavy atom. The average molecular weight is 153 g/mol. The van der Waals surface area contributed by atoms with E-state index in [1.807, 2.05) is 13.1 Å². The van der Waals surface area contributed by atoms with E-state index in [1.54, 1.807) is 0 Å². The molecule has 0 heterocycles. The summed E-state index contributed by atoms with van der Waals surface area (Å²) in [5.74, 6) is 0. The fraction of sp³-hybridized carbons (Fsp3) is 0.600. The second-order valence-electron chi connectivity index (χ2n) is 2.64. The van der Waals surface area contributed by atoms with Gasteiger partial charge in [-0.1, -0.05) is 37.6 Å². The highest BCUT2D eigenvalue weighted by Crippen LogP contribution is 2.06. The molecule has 0 saturated carbocycles. The van der Waals surface area contributed by atoms with Crippen LogP contribution >= 0.6 is 0 Å². The molecule has 0 atom stereocenters. The van der Waals surface area contributed by atoms with Crippen LogP contribution in [-0.4, -0.2) is 13.6 Å². The molecule has 0 aliphatic heterocycles. The fourth-order valence-electron chi connectivity index (χ4n) is 0.902. The topological polar surface area (TPSA) is 12.0 Å². The third kappa shape index (κ3) is 5.86. The number of hydrogen-bond donors (Lipinski definition) is 1. The average Bonchev–Trinajstić information content (AvgIpc) is 2.05. The molecule has 0 fully saturated rings. The first-order valence-corrected chi connectivity index (χ1v) is 4.31. The normalized spacial score (nSPS) is 11.6. The smallest absolute Gasteiger partial charge is 0.0137 e. The van der Waals surface area contributed by atoms with E-state index in [1.165, 1.54) is 24.8 Å². The van der Waals surface area contributed by atoms with Gasteiger partial charge in [0.05, 0.1) is 0 Å². The van der Waals surface area contributed by atoms with Gasteiger partial charge >= 0.3 is 0 Å². The molecule has 0 unspecified atom stereocenters. The van der Waals surface area contributed by atoms with E-state index in [0.29, 0.717) is 0 Å². The maximum absolute atomic E-state index is 3.77. The molecule has 64 valence electrons. The lowest BCUT2D eigenvalue weighted by molar-refractivity contribution is 0.792. The molecule has 0 bridgehead atoms. The lowest BCUT2D eigenvalue weighted by Gasteiger charge is -1.99. The van der Waals surface area contributed by atoms with Gasteiger partial charge in [-0.05, 0) is 19.9 Å². The van der Waals surface area contributed by atoms with Crippen molar-refractivity contribution in [1.29, 1.82) is 0 Å². The highest BCUT2D eigenvalue weighted by atomic mass is 14.8. The van der Waals surface area contributed by atoms with E-state index in [-0.39, 0.29) is 0 Å². The summed E-state index contributed by atoms with van der Waals surface area (Å²) in [5, 5.41) is 3.08. The van der Waals surface area contributed by atoms with Gasteiger partial charge in [0.2, 0.25) is 0 Å². The Bertz CT molecular complexity index is 125. The first kappa shape index (κ1) is 10.4. The Labute approximate surface area is 70.2 Å². The molecule has 0 aromatic heterocycles. The van der Waals surface area contributed by atoms with Crippen LogP contribution in [-0.2, 0) is 0 Å². The Balaban J connectivity index is 3.64. The van der Waals surface area contributed by atoms with E-state index in [0.717, 1.165) is 6.54 Å². The van der Waals surface area contributed by atoms with Crippen molar-refractivity contribution < 1.29 is 0 Å². The van der Waals surface area contributed by atoms with Crippen molar-refractivity contribution in [3.05, 3.63) is 24.3 Å². The largest absolute Gasteiger partial charge is 0.316 e. The molecule has 1 N–H and O–H groups in total. The minimum absolute atomic E-state index is 0.949. The van der Waals surface area contributed by atoms with Crippen molar-refractivity contribution in [3.8, 4) is 0 Å². The van der Waals surface area contributed by atoms with Crippen LogP contribution in [0, 0.1) is 0 Å². The second kappa shape index (κ2) is 7.55. The van der Waals surface area contributed by atoms with Gasteiger partial charge in [0.15, 0.2) is 0 Å². The third-order valence-electron chi connectivity index (χ3n) is 1.65. The van der Waals surface area contributed by atoms with E-state index in [4.69, 9.17) is 0 Å². The fourth-order valence-corrected chi connectivity index (χ4v) is 0.902. The van der Waals surface area contributed by atoms with Gasteiger partial charge in [-0.25, -0.2) is 0 Å². The van der Waals surface area contributed by atoms with Gasteiger partial charge in [0.25, 0.3) is 0 Å². The maximum Gasteiger partial charge on any atom is 0.0137 e. The minimum Gasteiger partial charge on any atom is -0.316 e. The third-order valence-corrected chi connectivity index (χ3v) is 1.65. The number of unbranched alkanes of at least 4 members (excludes halogenated alkanes) is 1. The highest BCUT2D eigenvalue weighted by Gasteiger charge is 1.89. The number of likely N-dealkylation sites (N-methyl/N-ethyl adjacent to an activating group) is 1. The highest BCUT2D eigenvalue weighted by molar-refractivity contribution is 5.16. The van der Waals surface area contributed by atoms with Crippen molar-refractivity contribution >= 4 is 0 Å². The van der Waals surface area contributed by atoms with Crippen molar-refractivity contribution in [2.75, 3.05) is 13.6 Å². The molecule has 0 aliphatic carbocycles. The van der Waals surface area contributed by atoms with Crippen LogP contribution in [0.2, 0.25) is 0 Å². The summed E-state index contributed by atoms with van der Waals surface area (Å²) in [6.45, 7) is 6.93. The molecule has 0 aromatic carbocycles. The van der Waals surface area contributed by atoms with E-state index < -0.39 is 0 Å². The maximum atomic E-state index is 3.77. The first-order chi connectivity index (χ1) is 5.35. The predicted molar refractivity (Wildman–Crippen MR) is 51.7 cm³/mol. The van der Waals surface area contributed by atoms with Gasteiger partial charge < -0.3 is 5.32 Å². The molecule has 1 heteroatoms. The van der Waals surface area contributed by atoms with Crippen LogP contribution in [0.5, 0.6) is 0 Å². The van der Waals surface area contributed by atoms with Gasteiger partial charge in [-0.3, -0.25) is 0 Å². The summed E-state index contributed by atoms with van der Waals surface area (Å²) >= 11 is 0. The van der Waals surface area contributed by atoms with Gasteiger partial charge in [0.1, 0.15) is 0 Å². The molecular formula is C10H19N. The summed E-state index contributed by atoms with van der Waals surface area (Å²) in [5.41, 5.74) is 1.36. The Hall–Kier alpha value is -0.560. The minimum atomic E-state index is 0.949. The van der Waals surface area contributed by atoms with Crippen LogP contribution in [0.1, 0.15) is 26.2 Å². The predicted octanol–water partition coefficient (Wildman–Crippen LogP) is 2.51. The number of nitrogens with one attached hydrogen (secondary N) is 1. The van der Waals surface area contributed by atoms with Crippen molar-refractivity contribution in [3.63, 3.8) is 0 Å². The molecule has 0 spiro atoms. The molecule has 0 aromatic rings. The summed E-state index contributed by atoms with van der Waals surface area (Å²) in [7, 11) is 1.96. The van der Waals surface area contributed by atoms with Crippen LogP contribution in [0.25, 0.3) is 0 Å². The monoisotopic (exact) mass is 153 g/mol. The Morgan fingerprint density at radius 2 is 2.27 bits per heavy atom. The second-order valence-corrected chi connectivity index (χ2v) is 2.64. The van der Waals surface area contributed by atoms with Gasteiger partial charge in [-0.15, -0.1) is 0 Å². The lowest BCUT2D eigenvalue weighted by atomic mass is 10.1. The zero-order chi connectivity index (χ0) is 8.53. The number of allylic oxidation sites excluding steroid dienone is 2. The molecule has 0 aliphatic rings. The number of hydrogen-bond acceptors (Lipinski definition) is 1. The zero-order valence-electron chi connectivity index (χ0n) is 7.69. The quantitative estimate of drug-likeness (QED) is 0.578. The van der Waals surface area contributed by atoms with E-state index >= 15 is 0 Å². The molecule has 11 heavy (non-hydrogen) atoms. The van der Waals surface area contributed by atoms with Crippen LogP contribution < -0.4 is 5.32 Å². The van der Waals surface area contributed by atoms with Gasteiger partial charge in [-0.2, -0.15) is 0 Å². The lowest BCUT2D eigenvalue weighted by Crippen LogP contribution is -2.04. The summed E-state index contributed by atoms with van der Waals surface area (Å²) in [6, 6.07) is 0. The molecule has 0 rings (SSSR count). The summed E-state index contributed by atoms with van der Waals surface area (Å²) in [4.78, 5) is 0. The van der Waals surface area contributed by atoms with Crippen molar-refractivity contribution in [2.24, 2.45) is 0 Å². The molecule has 0 radical (unpaired) electrons. The van der Waals surface area contributed by atoms with Crippen LogP contribution in [0.4, 0.5) is 0 Å². The van der Waals surface area contributed by atoms with Crippen LogP contribution in [0.3, 0.4) is 0 Å². The zero-order valence-corrected chi connectivity index (χ0v) is 7.69. The number of rotatable bonds is 6. The Morgan fingerprint density at radius 3 is 2.73 bits per heavy atom. The molecular weight excluding hydrogens is 134 g/mol. The van der Waals surface area contributed by atoms with Crippen molar-refractivity contribution in [2.45, 2.75) is 26.2 Å². The summed E-state index contributed by atoms with van der Waals surface area (Å²) in [6.07, 6.45) is 7.84.